The summed E-state index contributed by atoms with van der Waals surface area (Å²) < 4.78 is 13.5. The molecule has 3 N–H and O–H groups in total. The fraction of sp³-hybridized carbons (Fsp3) is 0.429. The second kappa shape index (κ2) is 6.17. The monoisotopic (exact) mass is 295 g/mol. The number of anilines is 1. The lowest BCUT2D eigenvalue weighted by Gasteiger charge is -2.33. The molecule has 1 aromatic rings. The number of aryl methyl sites for hydroxylation is 1. The van der Waals surface area contributed by atoms with Gasteiger partial charge in [0.05, 0.1) is 5.92 Å². The number of rotatable bonds is 2. The van der Waals surface area contributed by atoms with Gasteiger partial charge in [-0.25, -0.2) is 4.39 Å². The molecule has 2 rings (SSSR count). The van der Waals surface area contributed by atoms with Crippen molar-refractivity contribution in [1.82, 2.24) is 4.90 Å². The molecule has 1 unspecified atom stereocenters. The van der Waals surface area contributed by atoms with Crippen LogP contribution in [0.25, 0.3) is 0 Å². The molecule has 0 bridgehead atoms. The van der Waals surface area contributed by atoms with Crippen LogP contribution in [0.1, 0.15) is 18.4 Å². The molecule has 1 aliphatic heterocycles. The van der Waals surface area contributed by atoms with E-state index < -0.39 is 0 Å². The van der Waals surface area contributed by atoms with Gasteiger partial charge < -0.3 is 16.0 Å². The lowest BCUT2D eigenvalue weighted by molar-refractivity contribution is -0.122. The van der Waals surface area contributed by atoms with Gasteiger partial charge in [0, 0.05) is 18.8 Å². The first-order valence-corrected chi connectivity index (χ1v) is 6.99. The summed E-state index contributed by atoms with van der Waals surface area (Å²) in [6.07, 6.45) is 1.67. The second-order valence-electron chi connectivity index (χ2n) is 5.08. The van der Waals surface area contributed by atoms with Crippen molar-refractivity contribution in [1.29, 1.82) is 0 Å². The van der Waals surface area contributed by atoms with Gasteiger partial charge in [-0.05, 0) is 49.7 Å². The highest BCUT2D eigenvalue weighted by atomic mass is 32.1. The van der Waals surface area contributed by atoms with Crippen molar-refractivity contribution in [2.24, 2.45) is 11.7 Å². The third-order valence-corrected chi connectivity index (χ3v) is 3.89. The van der Waals surface area contributed by atoms with Crippen LogP contribution in [0, 0.1) is 18.7 Å². The summed E-state index contributed by atoms with van der Waals surface area (Å²) in [4.78, 5) is 13.2. The quantitative estimate of drug-likeness (QED) is 0.820. The first-order chi connectivity index (χ1) is 9.47. The topological polar surface area (TPSA) is 58.4 Å². The minimum atomic E-state index is -0.293. The number of primary amides is 1. The highest BCUT2D eigenvalue weighted by Gasteiger charge is 2.25. The molecule has 1 aliphatic rings. The van der Waals surface area contributed by atoms with E-state index in [9.17, 15) is 9.18 Å². The molecule has 0 spiro atoms. The van der Waals surface area contributed by atoms with E-state index in [0.29, 0.717) is 22.9 Å². The van der Waals surface area contributed by atoms with Crippen LogP contribution in [0.5, 0.6) is 0 Å². The number of piperidine rings is 1. The molecule has 0 saturated carbocycles. The van der Waals surface area contributed by atoms with Crippen molar-refractivity contribution in [3.63, 3.8) is 0 Å². The summed E-state index contributed by atoms with van der Waals surface area (Å²) in [6.45, 7) is 3.01. The maximum atomic E-state index is 13.5. The lowest BCUT2D eigenvalue weighted by Crippen LogP contribution is -2.45. The standard InChI is InChI=1S/C14H18FN3OS/c1-9-4-5-11(7-12(9)15)17-14(20)18-6-2-3-10(8-18)13(16)19/h4-5,7,10H,2-3,6,8H2,1H3,(H2,16,19)(H,17,20). The molecular formula is C14H18FN3OS. The fourth-order valence-electron chi connectivity index (χ4n) is 2.27. The number of amides is 1. The Labute approximate surface area is 123 Å². The van der Waals surface area contributed by atoms with Gasteiger partial charge in [0.15, 0.2) is 5.11 Å². The maximum Gasteiger partial charge on any atom is 0.222 e. The largest absolute Gasteiger partial charge is 0.369 e. The van der Waals surface area contributed by atoms with Gasteiger partial charge >= 0.3 is 0 Å². The molecule has 4 nitrogen and oxygen atoms in total. The van der Waals surface area contributed by atoms with Gasteiger partial charge in [-0.1, -0.05) is 6.07 Å². The highest BCUT2D eigenvalue weighted by molar-refractivity contribution is 7.80. The molecule has 1 aromatic carbocycles. The number of benzene rings is 1. The predicted molar refractivity (Wildman–Crippen MR) is 80.8 cm³/mol. The van der Waals surface area contributed by atoms with Crippen molar-refractivity contribution in [2.75, 3.05) is 18.4 Å². The van der Waals surface area contributed by atoms with Crippen LogP contribution < -0.4 is 11.1 Å². The Balaban J connectivity index is 2.00. The molecule has 1 fully saturated rings. The Morgan fingerprint density at radius 3 is 2.95 bits per heavy atom. The summed E-state index contributed by atoms with van der Waals surface area (Å²) in [5, 5.41) is 3.50. The van der Waals surface area contributed by atoms with Crippen LogP contribution in [0.15, 0.2) is 18.2 Å². The normalized spacial score (nSPS) is 18.7. The number of hydrogen-bond acceptors (Lipinski definition) is 2. The Morgan fingerprint density at radius 2 is 2.30 bits per heavy atom. The van der Waals surface area contributed by atoms with Crippen molar-refractivity contribution in [2.45, 2.75) is 19.8 Å². The number of carbonyl (C=O) groups excluding carboxylic acids is 1. The van der Waals surface area contributed by atoms with Crippen molar-refractivity contribution in [3.8, 4) is 0 Å². The molecule has 0 aliphatic carbocycles. The molecule has 1 saturated heterocycles. The minimum Gasteiger partial charge on any atom is -0.369 e. The zero-order valence-corrected chi connectivity index (χ0v) is 12.2. The first-order valence-electron chi connectivity index (χ1n) is 6.59. The number of nitrogens with zero attached hydrogens (tertiary/aromatic N) is 1. The van der Waals surface area contributed by atoms with Gasteiger partial charge in [-0.15, -0.1) is 0 Å². The summed E-state index contributed by atoms with van der Waals surface area (Å²) in [7, 11) is 0. The van der Waals surface area contributed by atoms with Gasteiger partial charge in [0.25, 0.3) is 0 Å². The molecule has 108 valence electrons. The van der Waals surface area contributed by atoms with Gasteiger partial charge in [0.1, 0.15) is 5.82 Å². The van der Waals surface area contributed by atoms with Crippen LogP contribution >= 0.6 is 12.2 Å². The molecule has 1 atom stereocenters. The second-order valence-corrected chi connectivity index (χ2v) is 5.47. The van der Waals surface area contributed by atoms with Gasteiger partial charge in [-0.3, -0.25) is 4.79 Å². The third-order valence-electron chi connectivity index (χ3n) is 3.53. The van der Waals surface area contributed by atoms with E-state index >= 15 is 0 Å². The molecule has 1 heterocycles. The van der Waals surface area contributed by atoms with Crippen LogP contribution in [-0.2, 0) is 4.79 Å². The van der Waals surface area contributed by atoms with E-state index in [2.05, 4.69) is 5.32 Å². The lowest BCUT2D eigenvalue weighted by atomic mass is 9.98. The van der Waals surface area contributed by atoms with E-state index in [1.165, 1.54) is 6.07 Å². The average Bonchev–Trinajstić information content (AvgIpc) is 2.43. The Morgan fingerprint density at radius 1 is 1.55 bits per heavy atom. The highest BCUT2D eigenvalue weighted by Crippen LogP contribution is 2.18. The molecular weight excluding hydrogens is 277 g/mol. The zero-order chi connectivity index (χ0) is 14.7. The van der Waals surface area contributed by atoms with E-state index in [1.54, 1.807) is 19.1 Å². The Kier molecular flexibility index (Phi) is 4.54. The SMILES string of the molecule is Cc1ccc(NC(=S)N2CCCC(C(N)=O)C2)cc1F. The molecule has 0 radical (unpaired) electrons. The summed E-state index contributed by atoms with van der Waals surface area (Å²) in [5.41, 5.74) is 6.54. The molecule has 6 heteroatoms. The maximum absolute atomic E-state index is 13.5. The molecule has 1 amide bonds. The van der Waals surface area contributed by atoms with Crippen LogP contribution in [0.3, 0.4) is 0 Å². The van der Waals surface area contributed by atoms with Crippen molar-refractivity contribution < 1.29 is 9.18 Å². The van der Waals surface area contributed by atoms with E-state index in [-0.39, 0.29) is 17.6 Å². The van der Waals surface area contributed by atoms with Crippen LogP contribution in [-0.4, -0.2) is 29.0 Å². The number of nitrogens with two attached hydrogens (primary N) is 1. The van der Waals surface area contributed by atoms with Crippen LogP contribution in [0.2, 0.25) is 0 Å². The average molecular weight is 295 g/mol. The van der Waals surface area contributed by atoms with Crippen molar-refractivity contribution in [3.05, 3.63) is 29.6 Å². The number of likely N-dealkylation sites (tertiary alicyclic amines) is 1. The summed E-state index contributed by atoms with van der Waals surface area (Å²) in [5.74, 6) is -0.733. The van der Waals surface area contributed by atoms with E-state index in [4.69, 9.17) is 18.0 Å². The number of thiocarbonyl (C=S) groups is 1. The number of nitrogens with one attached hydrogen (secondary N) is 1. The fourth-order valence-corrected chi connectivity index (χ4v) is 2.55. The Hall–Kier alpha value is -1.69. The molecule has 20 heavy (non-hydrogen) atoms. The predicted octanol–water partition coefficient (Wildman–Crippen LogP) is 2.03. The smallest absolute Gasteiger partial charge is 0.222 e. The number of hydrogen-bond donors (Lipinski definition) is 2. The van der Waals surface area contributed by atoms with E-state index in [1.807, 2.05) is 4.90 Å². The zero-order valence-electron chi connectivity index (χ0n) is 11.4. The van der Waals surface area contributed by atoms with Gasteiger partial charge in [-0.2, -0.15) is 0 Å². The Bertz CT molecular complexity index is 535. The van der Waals surface area contributed by atoms with Crippen molar-refractivity contribution >= 4 is 28.9 Å². The van der Waals surface area contributed by atoms with Crippen LogP contribution in [0.4, 0.5) is 10.1 Å². The number of halogens is 1. The van der Waals surface area contributed by atoms with Gasteiger partial charge in [0.2, 0.25) is 5.91 Å². The van der Waals surface area contributed by atoms with E-state index in [0.717, 1.165) is 19.4 Å². The first kappa shape index (κ1) is 14.7. The summed E-state index contributed by atoms with van der Waals surface area (Å²) >= 11 is 5.31. The summed E-state index contributed by atoms with van der Waals surface area (Å²) in [6, 6.07) is 4.89. The number of carbonyl (C=O) groups is 1. The third kappa shape index (κ3) is 3.45. The molecule has 0 aromatic heterocycles. The minimum absolute atomic E-state index is 0.168.